The molecular weight excluding hydrogens is 250 g/mol. The van der Waals surface area contributed by atoms with Gasteiger partial charge in [-0.2, -0.15) is 0 Å². The van der Waals surface area contributed by atoms with Crippen LogP contribution in [-0.2, 0) is 11.3 Å². The average molecular weight is 268 g/mol. The molecule has 0 atom stereocenters. The van der Waals surface area contributed by atoms with Crippen molar-refractivity contribution in [3.63, 3.8) is 0 Å². The molecule has 0 radical (unpaired) electrons. The first-order valence-corrected chi connectivity index (χ1v) is 6.04. The number of ether oxygens (including phenoxy) is 1. The van der Waals surface area contributed by atoms with Crippen LogP contribution in [0.2, 0.25) is 5.02 Å². The number of halogens is 1. The van der Waals surface area contributed by atoms with Crippen molar-refractivity contribution in [3.8, 4) is 5.75 Å². The van der Waals surface area contributed by atoms with Crippen LogP contribution < -0.4 is 4.74 Å². The number of hydrogen-bond donors (Lipinski definition) is 0. The number of rotatable bonds is 4. The Morgan fingerprint density at radius 1 is 1.44 bits per heavy atom. The largest absolute Gasteiger partial charge is 0.496 e. The zero-order valence-corrected chi connectivity index (χ0v) is 11.9. The second-order valence-corrected chi connectivity index (χ2v) is 4.81. The summed E-state index contributed by atoms with van der Waals surface area (Å²) in [6.07, 6.45) is 1.61. The Bertz CT molecular complexity index is 465. The molecule has 0 N–H and O–H groups in total. The zero-order valence-electron chi connectivity index (χ0n) is 11.2. The number of allylic oxidation sites excluding steroid dienone is 1. The standard InChI is InChI=1S/C14H18ClNO2/c1-10(2)7-14(17)16(3)9-11-8-12(15)5-6-13(11)18-4/h5-8H,9H2,1-4H3. The summed E-state index contributed by atoms with van der Waals surface area (Å²) in [5.41, 5.74) is 1.87. The van der Waals surface area contributed by atoms with Crippen molar-refractivity contribution in [2.45, 2.75) is 20.4 Å². The van der Waals surface area contributed by atoms with Crippen LogP contribution in [0.3, 0.4) is 0 Å². The summed E-state index contributed by atoms with van der Waals surface area (Å²) in [4.78, 5) is 13.4. The third-order valence-corrected chi connectivity index (χ3v) is 2.67. The van der Waals surface area contributed by atoms with E-state index in [2.05, 4.69) is 0 Å². The fourth-order valence-corrected chi connectivity index (χ4v) is 1.76. The Hall–Kier alpha value is -1.48. The van der Waals surface area contributed by atoms with Gasteiger partial charge in [0.05, 0.1) is 7.11 Å². The Morgan fingerprint density at radius 3 is 2.67 bits per heavy atom. The van der Waals surface area contributed by atoms with Crippen molar-refractivity contribution in [1.82, 2.24) is 4.90 Å². The number of nitrogens with zero attached hydrogens (tertiary/aromatic N) is 1. The molecule has 0 aliphatic heterocycles. The number of benzene rings is 1. The molecule has 0 saturated carbocycles. The van der Waals surface area contributed by atoms with E-state index in [1.54, 1.807) is 37.3 Å². The molecule has 3 nitrogen and oxygen atoms in total. The van der Waals surface area contributed by atoms with Crippen molar-refractivity contribution in [2.75, 3.05) is 14.2 Å². The lowest BCUT2D eigenvalue weighted by Crippen LogP contribution is -2.24. The molecule has 98 valence electrons. The Balaban J connectivity index is 2.87. The van der Waals surface area contributed by atoms with Gasteiger partial charge in [-0.15, -0.1) is 0 Å². The molecule has 1 aromatic rings. The summed E-state index contributed by atoms with van der Waals surface area (Å²) in [5, 5.41) is 0.633. The van der Waals surface area contributed by atoms with Gasteiger partial charge in [-0.25, -0.2) is 0 Å². The molecule has 1 aromatic carbocycles. The number of methoxy groups -OCH3 is 1. The van der Waals surface area contributed by atoms with Gasteiger partial charge in [0, 0.05) is 30.3 Å². The van der Waals surface area contributed by atoms with E-state index in [0.29, 0.717) is 11.6 Å². The Kier molecular flexibility index (Phi) is 5.23. The van der Waals surface area contributed by atoms with E-state index in [4.69, 9.17) is 16.3 Å². The van der Waals surface area contributed by atoms with Crippen LogP contribution >= 0.6 is 11.6 Å². The summed E-state index contributed by atoms with van der Waals surface area (Å²) in [7, 11) is 3.35. The number of hydrogen-bond acceptors (Lipinski definition) is 2. The van der Waals surface area contributed by atoms with Gasteiger partial charge < -0.3 is 9.64 Å². The molecule has 0 aromatic heterocycles. The molecule has 1 rings (SSSR count). The highest BCUT2D eigenvalue weighted by atomic mass is 35.5. The molecule has 0 aliphatic rings. The van der Waals surface area contributed by atoms with Gasteiger partial charge in [0.15, 0.2) is 0 Å². The zero-order chi connectivity index (χ0) is 13.7. The van der Waals surface area contributed by atoms with Gasteiger partial charge in [0.2, 0.25) is 5.91 Å². The normalized spacial score (nSPS) is 9.83. The summed E-state index contributed by atoms with van der Waals surface area (Å²) >= 11 is 5.95. The first-order chi connectivity index (χ1) is 8.43. The highest BCUT2D eigenvalue weighted by Crippen LogP contribution is 2.23. The van der Waals surface area contributed by atoms with E-state index in [-0.39, 0.29) is 5.91 Å². The first kappa shape index (κ1) is 14.6. The SMILES string of the molecule is COc1ccc(Cl)cc1CN(C)C(=O)C=C(C)C. The van der Waals surface area contributed by atoms with Crippen LogP contribution in [0.25, 0.3) is 0 Å². The topological polar surface area (TPSA) is 29.5 Å². The minimum absolute atomic E-state index is 0.0305. The second kappa shape index (κ2) is 6.45. The predicted octanol–water partition coefficient (Wildman–Crippen LogP) is 3.27. The molecule has 0 bridgehead atoms. The first-order valence-electron chi connectivity index (χ1n) is 5.66. The van der Waals surface area contributed by atoms with E-state index < -0.39 is 0 Å². The van der Waals surface area contributed by atoms with Gasteiger partial charge in [-0.3, -0.25) is 4.79 Å². The highest BCUT2D eigenvalue weighted by molar-refractivity contribution is 6.30. The molecule has 0 aliphatic carbocycles. The molecule has 0 spiro atoms. The maximum atomic E-state index is 11.8. The lowest BCUT2D eigenvalue weighted by molar-refractivity contribution is -0.125. The lowest BCUT2D eigenvalue weighted by Gasteiger charge is -2.17. The third-order valence-electron chi connectivity index (χ3n) is 2.44. The van der Waals surface area contributed by atoms with E-state index in [1.807, 2.05) is 19.9 Å². The average Bonchev–Trinajstić information content (AvgIpc) is 2.28. The molecule has 0 unspecified atom stereocenters. The molecule has 0 saturated heterocycles. The van der Waals surface area contributed by atoms with Crippen molar-refractivity contribution < 1.29 is 9.53 Å². The van der Waals surface area contributed by atoms with Crippen LogP contribution in [-0.4, -0.2) is 25.0 Å². The summed E-state index contributed by atoms with van der Waals surface area (Å²) in [6, 6.07) is 5.38. The van der Waals surface area contributed by atoms with E-state index in [0.717, 1.165) is 16.9 Å². The maximum Gasteiger partial charge on any atom is 0.246 e. The fourth-order valence-electron chi connectivity index (χ4n) is 1.56. The van der Waals surface area contributed by atoms with Gasteiger partial charge >= 0.3 is 0 Å². The number of likely N-dealkylation sites (N-methyl/N-ethyl adjacent to an activating group) is 1. The monoisotopic (exact) mass is 267 g/mol. The van der Waals surface area contributed by atoms with Gasteiger partial charge in [0.1, 0.15) is 5.75 Å². The van der Waals surface area contributed by atoms with E-state index in [1.165, 1.54) is 0 Å². The number of amides is 1. The van der Waals surface area contributed by atoms with E-state index in [9.17, 15) is 4.79 Å². The van der Waals surface area contributed by atoms with Crippen molar-refractivity contribution >= 4 is 17.5 Å². The molecule has 1 amide bonds. The Labute approximate surface area is 113 Å². The molecule has 0 fully saturated rings. The van der Waals surface area contributed by atoms with Gasteiger partial charge in [0.25, 0.3) is 0 Å². The van der Waals surface area contributed by atoms with Crippen molar-refractivity contribution in [3.05, 3.63) is 40.4 Å². The van der Waals surface area contributed by atoms with Crippen LogP contribution in [0.5, 0.6) is 5.75 Å². The predicted molar refractivity (Wildman–Crippen MR) is 73.9 cm³/mol. The molecular formula is C14H18ClNO2. The minimum atomic E-state index is -0.0305. The van der Waals surface area contributed by atoms with Crippen LogP contribution in [0.4, 0.5) is 0 Å². The smallest absolute Gasteiger partial charge is 0.246 e. The summed E-state index contributed by atoms with van der Waals surface area (Å²) in [5.74, 6) is 0.702. The number of carbonyl (C=O) groups is 1. The number of carbonyl (C=O) groups excluding carboxylic acids is 1. The molecule has 18 heavy (non-hydrogen) atoms. The fraction of sp³-hybridized carbons (Fsp3) is 0.357. The maximum absolute atomic E-state index is 11.8. The molecule has 0 heterocycles. The van der Waals surface area contributed by atoms with Gasteiger partial charge in [-0.1, -0.05) is 17.2 Å². The van der Waals surface area contributed by atoms with Crippen LogP contribution in [0.15, 0.2) is 29.8 Å². The van der Waals surface area contributed by atoms with Crippen molar-refractivity contribution in [1.29, 1.82) is 0 Å². The second-order valence-electron chi connectivity index (χ2n) is 4.37. The third kappa shape index (κ3) is 4.08. The molecule has 4 heteroatoms. The summed E-state index contributed by atoms with van der Waals surface area (Å²) in [6.45, 7) is 4.25. The highest BCUT2D eigenvalue weighted by Gasteiger charge is 2.10. The van der Waals surface area contributed by atoms with Crippen molar-refractivity contribution in [2.24, 2.45) is 0 Å². The van der Waals surface area contributed by atoms with Gasteiger partial charge in [-0.05, 0) is 32.0 Å². The summed E-state index contributed by atoms with van der Waals surface area (Å²) < 4.78 is 5.25. The quantitative estimate of drug-likeness (QED) is 0.784. The minimum Gasteiger partial charge on any atom is -0.496 e. The van der Waals surface area contributed by atoms with Crippen LogP contribution in [0, 0.1) is 0 Å². The van der Waals surface area contributed by atoms with E-state index >= 15 is 0 Å². The van der Waals surface area contributed by atoms with Crippen LogP contribution in [0.1, 0.15) is 19.4 Å². The Morgan fingerprint density at radius 2 is 2.11 bits per heavy atom. The lowest BCUT2D eigenvalue weighted by atomic mass is 10.2.